The third-order valence-corrected chi connectivity index (χ3v) is 12.0. The van der Waals surface area contributed by atoms with Crippen LogP contribution in [0.1, 0.15) is 63.3 Å². The van der Waals surface area contributed by atoms with E-state index in [0.717, 1.165) is 23.5 Å². The molecule has 1 heteroatoms. The van der Waals surface area contributed by atoms with Crippen molar-refractivity contribution in [3.05, 3.63) is 245 Å². The summed E-state index contributed by atoms with van der Waals surface area (Å²) < 4.78 is 0. The van der Waals surface area contributed by atoms with E-state index in [1.165, 1.54) is 77.2 Å². The molecular formula is C55H43N. The molecule has 0 N–H and O–H groups in total. The van der Waals surface area contributed by atoms with Gasteiger partial charge in [-0.05, 0) is 127 Å². The number of aryl methyl sites for hydroxylation is 1. The fourth-order valence-corrected chi connectivity index (χ4v) is 9.09. The number of hydrogen-bond donors (Lipinski definition) is 0. The number of para-hydroxylation sites is 1. The molecule has 0 amide bonds. The summed E-state index contributed by atoms with van der Waals surface area (Å²) in [5.74, 6) is 0.330. The first-order chi connectivity index (χ1) is 27.6. The normalized spacial score (nSPS) is 13.0. The summed E-state index contributed by atoms with van der Waals surface area (Å²) >= 11 is 0. The SMILES string of the molecule is Cc1ccc2c(c1)-c1cc(C(c3ccc(N(c4ccccc4)c4ccc(C(C)c5cccc6ccccc56)cc4)cc3)c3cccc4ccccc34)ccc1C2. The summed E-state index contributed by atoms with van der Waals surface area (Å²) in [4.78, 5) is 2.37. The highest BCUT2D eigenvalue weighted by molar-refractivity contribution is 5.88. The number of hydrogen-bond acceptors (Lipinski definition) is 1. The summed E-state index contributed by atoms with van der Waals surface area (Å²) in [7, 11) is 0. The van der Waals surface area contributed by atoms with Crippen molar-refractivity contribution in [3.8, 4) is 11.1 Å². The zero-order valence-electron chi connectivity index (χ0n) is 31.9. The third kappa shape index (κ3) is 6.06. The minimum Gasteiger partial charge on any atom is -0.311 e. The molecule has 0 aromatic heterocycles. The largest absolute Gasteiger partial charge is 0.311 e. The van der Waals surface area contributed by atoms with Crippen molar-refractivity contribution in [2.45, 2.75) is 32.1 Å². The Morgan fingerprint density at radius 3 is 1.59 bits per heavy atom. The summed E-state index contributed by atoms with van der Waals surface area (Å²) in [6, 6.07) is 74.2. The van der Waals surface area contributed by atoms with E-state index in [9.17, 15) is 0 Å². The summed E-state index contributed by atoms with van der Waals surface area (Å²) in [6.45, 7) is 4.51. The number of nitrogens with zero attached hydrogens (tertiary/aromatic N) is 1. The number of anilines is 3. The Bertz CT molecular complexity index is 2840. The lowest BCUT2D eigenvalue weighted by Gasteiger charge is -2.27. The Kier molecular flexibility index (Phi) is 8.57. The van der Waals surface area contributed by atoms with E-state index in [4.69, 9.17) is 0 Å². The van der Waals surface area contributed by atoms with E-state index in [1.807, 2.05) is 0 Å². The second kappa shape index (κ2) is 14.2. The molecule has 1 aliphatic carbocycles. The lowest BCUT2D eigenvalue weighted by Crippen LogP contribution is -2.11. The summed E-state index contributed by atoms with van der Waals surface area (Å²) in [5.41, 5.74) is 16.9. The molecule has 0 bridgehead atoms. The summed E-state index contributed by atoms with van der Waals surface area (Å²) in [5, 5.41) is 5.16. The van der Waals surface area contributed by atoms with Gasteiger partial charge in [0.05, 0.1) is 0 Å². The molecule has 10 rings (SSSR count). The van der Waals surface area contributed by atoms with Gasteiger partial charge in [-0.15, -0.1) is 0 Å². The number of rotatable bonds is 8. The monoisotopic (exact) mass is 717 g/mol. The van der Waals surface area contributed by atoms with Crippen LogP contribution in [0.15, 0.2) is 200 Å². The standard InChI is InChI=1S/C55H43N/c1-37-22-23-43-35-44-24-25-45(36-54(44)53(43)34-37)55(52-21-11-15-41-13-7-9-19-51(41)52)42-28-32-48(33-29-42)56(46-16-4-3-5-17-46)47-30-26-39(27-31-47)38(2)49-20-10-14-40-12-6-8-18-50(40)49/h3-34,36,38,55H,35H2,1-2H3. The van der Waals surface area contributed by atoms with Crippen molar-refractivity contribution >= 4 is 38.6 Å². The lowest BCUT2D eigenvalue weighted by molar-refractivity contribution is 0.933. The molecule has 0 radical (unpaired) electrons. The van der Waals surface area contributed by atoms with Crippen LogP contribution in [0.25, 0.3) is 32.7 Å². The van der Waals surface area contributed by atoms with Crippen LogP contribution in [0, 0.1) is 6.92 Å². The predicted molar refractivity (Wildman–Crippen MR) is 237 cm³/mol. The van der Waals surface area contributed by atoms with Crippen LogP contribution in [-0.4, -0.2) is 0 Å². The fraction of sp³-hybridized carbons (Fsp3) is 0.0909. The van der Waals surface area contributed by atoms with Gasteiger partial charge in [-0.2, -0.15) is 0 Å². The Morgan fingerprint density at radius 1 is 0.411 bits per heavy atom. The topological polar surface area (TPSA) is 3.24 Å². The molecule has 0 saturated heterocycles. The molecule has 0 aliphatic heterocycles. The molecule has 2 unspecified atom stereocenters. The van der Waals surface area contributed by atoms with Gasteiger partial charge in [-0.25, -0.2) is 0 Å². The van der Waals surface area contributed by atoms with Crippen LogP contribution >= 0.6 is 0 Å². The number of benzene rings is 9. The van der Waals surface area contributed by atoms with Gasteiger partial charge in [-0.3, -0.25) is 0 Å². The van der Waals surface area contributed by atoms with E-state index >= 15 is 0 Å². The Labute approximate surface area is 330 Å². The minimum absolute atomic E-state index is 0.0642. The van der Waals surface area contributed by atoms with Crippen LogP contribution in [-0.2, 0) is 6.42 Å². The van der Waals surface area contributed by atoms with Gasteiger partial charge < -0.3 is 4.90 Å². The quantitative estimate of drug-likeness (QED) is 0.141. The highest BCUT2D eigenvalue weighted by Crippen LogP contribution is 2.44. The first-order valence-electron chi connectivity index (χ1n) is 19.8. The first kappa shape index (κ1) is 33.8. The van der Waals surface area contributed by atoms with Gasteiger partial charge in [0.15, 0.2) is 0 Å². The smallest absolute Gasteiger partial charge is 0.0461 e. The molecule has 1 aliphatic rings. The third-order valence-electron chi connectivity index (χ3n) is 12.0. The maximum Gasteiger partial charge on any atom is 0.0461 e. The van der Waals surface area contributed by atoms with Crippen LogP contribution in [0.2, 0.25) is 0 Å². The molecule has 1 nitrogen and oxygen atoms in total. The second-order valence-electron chi connectivity index (χ2n) is 15.4. The maximum absolute atomic E-state index is 2.47. The molecule has 9 aromatic rings. The molecule has 268 valence electrons. The van der Waals surface area contributed by atoms with Gasteiger partial charge in [-0.1, -0.05) is 170 Å². The molecule has 0 spiro atoms. The molecule has 9 aromatic carbocycles. The van der Waals surface area contributed by atoms with E-state index in [0.29, 0.717) is 0 Å². The van der Waals surface area contributed by atoms with Gasteiger partial charge in [0.2, 0.25) is 0 Å². The van der Waals surface area contributed by atoms with Crippen molar-refractivity contribution in [1.29, 1.82) is 0 Å². The van der Waals surface area contributed by atoms with Gasteiger partial charge >= 0.3 is 0 Å². The molecule has 0 fully saturated rings. The van der Waals surface area contributed by atoms with Gasteiger partial charge in [0.25, 0.3) is 0 Å². The van der Waals surface area contributed by atoms with Crippen molar-refractivity contribution in [2.24, 2.45) is 0 Å². The Hall–Kier alpha value is -6.70. The van der Waals surface area contributed by atoms with Gasteiger partial charge in [0, 0.05) is 28.9 Å². The van der Waals surface area contributed by atoms with Crippen molar-refractivity contribution < 1.29 is 0 Å². The lowest BCUT2D eigenvalue weighted by atomic mass is 9.81. The average molecular weight is 718 g/mol. The zero-order valence-corrected chi connectivity index (χ0v) is 31.9. The predicted octanol–water partition coefficient (Wildman–Crippen LogP) is 14.7. The highest BCUT2D eigenvalue weighted by atomic mass is 15.1. The van der Waals surface area contributed by atoms with E-state index in [-0.39, 0.29) is 11.8 Å². The highest BCUT2D eigenvalue weighted by Gasteiger charge is 2.25. The first-order valence-corrected chi connectivity index (χ1v) is 19.8. The van der Waals surface area contributed by atoms with E-state index < -0.39 is 0 Å². The van der Waals surface area contributed by atoms with E-state index in [1.54, 1.807) is 0 Å². The number of fused-ring (bicyclic) bond motifs is 5. The fourth-order valence-electron chi connectivity index (χ4n) is 9.09. The van der Waals surface area contributed by atoms with Crippen LogP contribution in [0.3, 0.4) is 0 Å². The van der Waals surface area contributed by atoms with Crippen LogP contribution < -0.4 is 4.90 Å². The zero-order chi connectivity index (χ0) is 37.6. The molecular weight excluding hydrogens is 675 g/mol. The minimum atomic E-state index is 0.0642. The molecule has 2 atom stereocenters. The van der Waals surface area contributed by atoms with E-state index in [2.05, 4.69) is 219 Å². The maximum atomic E-state index is 2.47. The van der Waals surface area contributed by atoms with Crippen molar-refractivity contribution in [3.63, 3.8) is 0 Å². The van der Waals surface area contributed by atoms with Crippen LogP contribution in [0.5, 0.6) is 0 Å². The van der Waals surface area contributed by atoms with Crippen molar-refractivity contribution in [1.82, 2.24) is 0 Å². The summed E-state index contributed by atoms with van der Waals surface area (Å²) in [6.07, 6.45) is 0.997. The molecule has 0 saturated carbocycles. The van der Waals surface area contributed by atoms with Crippen LogP contribution in [0.4, 0.5) is 17.1 Å². The average Bonchev–Trinajstić information content (AvgIpc) is 3.62. The molecule has 0 heterocycles. The Balaban J connectivity index is 1.05. The van der Waals surface area contributed by atoms with Crippen molar-refractivity contribution in [2.75, 3.05) is 4.90 Å². The van der Waals surface area contributed by atoms with Gasteiger partial charge in [0.1, 0.15) is 0 Å². The second-order valence-corrected chi connectivity index (χ2v) is 15.4. The Morgan fingerprint density at radius 2 is 0.911 bits per heavy atom. The molecule has 56 heavy (non-hydrogen) atoms.